The van der Waals surface area contributed by atoms with Crippen LogP contribution in [-0.2, 0) is 16.6 Å². The van der Waals surface area contributed by atoms with Crippen molar-refractivity contribution in [3.63, 3.8) is 0 Å². The fourth-order valence-electron chi connectivity index (χ4n) is 2.75. The van der Waals surface area contributed by atoms with Gasteiger partial charge in [0.2, 0.25) is 10.0 Å². The van der Waals surface area contributed by atoms with Crippen LogP contribution in [0.1, 0.15) is 0 Å². The Kier molecular flexibility index (Phi) is 4.65. The quantitative estimate of drug-likeness (QED) is 0.852. The summed E-state index contributed by atoms with van der Waals surface area (Å²) in [5, 5.41) is 9.33. The van der Waals surface area contributed by atoms with E-state index in [2.05, 4.69) is 14.9 Å². The van der Waals surface area contributed by atoms with Crippen molar-refractivity contribution < 1.29 is 8.42 Å². The molecule has 1 aromatic carbocycles. The highest BCUT2D eigenvalue weighted by Gasteiger charge is 2.17. The smallest absolute Gasteiger partial charge is 0.238 e. The van der Waals surface area contributed by atoms with Crippen molar-refractivity contribution in [1.82, 2.24) is 14.7 Å². The number of rotatable bonds is 5. The third-order valence-electron chi connectivity index (χ3n) is 4.11. The number of primary sulfonamides is 1. The second-order valence-electron chi connectivity index (χ2n) is 5.64. The molecule has 0 amide bonds. The highest BCUT2D eigenvalue weighted by Crippen LogP contribution is 2.18. The van der Waals surface area contributed by atoms with E-state index in [-0.39, 0.29) is 4.90 Å². The zero-order valence-corrected chi connectivity index (χ0v) is 13.7. The molecule has 0 saturated carbocycles. The molecular formula is C15H21N5O2S. The van der Waals surface area contributed by atoms with Gasteiger partial charge in [0.1, 0.15) is 0 Å². The van der Waals surface area contributed by atoms with E-state index in [1.807, 2.05) is 29.1 Å². The maximum atomic E-state index is 11.3. The topological polar surface area (TPSA) is 84.5 Å². The van der Waals surface area contributed by atoms with E-state index in [1.165, 1.54) is 0 Å². The normalized spacial score (nSPS) is 16.7. The summed E-state index contributed by atoms with van der Waals surface area (Å²) in [6, 6.07) is 8.70. The van der Waals surface area contributed by atoms with Gasteiger partial charge in [-0.25, -0.2) is 13.6 Å². The van der Waals surface area contributed by atoms with Crippen molar-refractivity contribution in [2.75, 3.05) is 37.6 Å². The zero-order chi connectivity index (χ0) is 16.3. The number of nitrogens with two attached hydrogens (primary N) is 1. The predicted octanol–water partition coefficient (Wildman–Crippen LogP) is 0.353. The summed E-state index contributed by atoms with van der Waals surface area (Å²) in [5.41, 5.74) is 1.03. The molecule has 124 valence electrons. The monoisotopic (exact) mass is 335 g/mol. The third kappa shape index (κ3) is 4.10. The van der Waals surface area contributed by atoms with E-state index in [0.29, 0.717) is 0 Å². The first-order chi connectivity index (χ1) is 11.0. The van der Waals surface area contributed by atoms with Gasteiger partial charge in [0, 0.05) is 50.8 Å². The van der Waals surface area contributed by atoms with Crippen LogP contribution in [-0.4, -0.2) is 55.8 Å². The summed E-state index contributed by atoms with van der Waals surface area (Å²) in [6.45, 7) is 5.70. The Balaban J connectivity index is 1.52. The molecule has 1 aromatic heterocycles. The van der Waals surface area contributed by atoms with Gasteiger partial charge in [-0.15, -0.1) is 0 Å². The Bertz CT molecular complexity index is 720. The Morgan fingerprint density at radius 1 is 1.04 bits per heavy atom. The van der Waals surface area contributed by atoms with Crippen LogP contribution in [0, 0.1) is 0 Å². The van der Waals surface area contributed by atoms with E-state index in [0.717, 1.165) is 45.0 Å². The molecular weight excluding hydrogens is 314 g/mol. The molecule has 0 radical (unpaired) electrons. The number of aromatic nitrogens is 2. The first kappa shape index (κ1) is 16.0. The fraction of sp³-hybridized carbons (Fsp3) is 0.400. The molecule has 2 aromatic rings. The van der Waals surface area contributed by atoms with E-state index in [4.69, 9.17) is 5.14 Å². The SMILES string of the molecule is NS(=O)(=O)c1ccc(N2CCN(CCn3cccn3)CC2)cc1. The van der Waals surface area contributed by atoms with Crippen molar-refractivity contribution in [3.8, 4) is 0 Å². The molecule has 0 aliphatic carbocycles. The number of nitrogens with zero attached hydrogens (tertiary/aromatic N) is 4. The standard InChI is InChI=1S/C15H21N5O2S/c16-23(21,22)15-4-2-14(3-5-15)19-11-8-18(9-12-19)10-13-20-7-1-6-17-20/h1-7H,8-13H2,(H2,16,21,22). The largest absolute Gasteiger partial charge is 0.369 e. The summed E-state index contributed by atoms with van der Waals surface area (Å²) >= 11 is 0. The van der Waals surface area contributed by atoms with Gasteiger partial charge in [0.15, 0.2) is 0 Å². The van der Waals surface area contributed by atoms with Gasteiger partial charge in [0.25, 0.3) is 0 Å². The van der Waals surface area contributed by atoms with Gasteiger partial charge in [-0.1, -0.05) is 0 Å². The lowest BCUT2D eigenvalue weighted by Crippen LogP contribution is -2.47. The molecule has 3 rings (SSSR count). The molecule has 8 heteroatoms. The van der Waals surface area contributed by atoms with Crippen LogP contribution in [0.3, 0.4) is 0 Å². The molecule has 7 nitrogen and oxygen atoms in total. The van der Waals surface area contributed by atoms with Crippen LogP contribution < -0.4 is 10.0 Å². The van der Waals surface area contributed by atoms with Gasteiger partial charge in [-0.3, -0.25) is 9.58 Å². The number of hydrogen-bond acceptors (Lipinski definition) is 5. The summed E-state index contributed by atoms with van der Waals surface area (Å²) in [7, 11) is -3.62. The Labute approximate surface area is 136 Å². The lowest BCUT2D eigenvalue weighted by molar-refractivity contribution is 0.244. The summed E-state index contributed by atoms with van der Waals surface area (Å²) in [6.07, 6.45) is 3.77. The molecule has 0 bridgehead atoms. The van der Waals surface area contributed by atoms with Crippen molar-refractivity contribution in [2.45, 2.75) is 11.4 Å². The number of sulfonamides is 1. The minimum Gasteiger partial charge on any atom is -0.369 e. The Morgan fingerprint density at radius 3 is 2.30 bits per heavy atom. The molecule has 0 unspecified atom stereocenters. The zero-order valence-electron chi connectivity index (χ0n) is 12.9. The fourth-order valence-corrected chi connectivity index (χ4v) is 3.27. The van der Waals surface area contributed by atoms with Crippen molar-refractivity contribution in [3.05, 3.63) is 42.7 Å². The van der Waals surface area contributed by atoms with Crippen LogP contribution in [0.4, 0.5) is 5.69 Å². The van der Waals surface area contributed by atoms with E-state index in [1.54, 1.807) is 18.3 Å². The van der Waals surface area contributed by atoms with E-state index < -0.39 is 10.0 Å². The van der Waals surface area contributed by atoms with Crippen molar-refractivity contribution in [1.29, 1.82) is 0 Å². The van der Waals surface area contributed by atoms with Crippen molar-refractivity contribution in [2.24, 2.45) is 5.14 Å². The summed E-state index contributed by atoms with van der Waals surface area (Å²) in [4.78, 5) is 4.83. The number of piperazine rings is 1. The average molecular weight is 335 g/mol. The Hall–Kier alpha value is -1.90. The van der Waals surface area contributed by atoms with Crippen LogP contribution in [0.2, 0.25) is 0 Å². The van der Waals surface area contributed by atoms with Gasteiger partial charge < -0.3 is 4.90 Å². The highest BCUT2D eigenvalue weighted by molar-refractivity contribution is 7.89. The molecule has 2 heterocycles. The molecule has 1 aliphatic rings. The molecule has 1 fully saturated rings. The average Bonchev–Trinajstić information content (AvgIpc) is 3.06. The van der Waals surface area contributed by atoms with Gasteiger partial charge >= 0.3 is 0 Å². The van der Waals surface area contributed by atoms with Gasteiger partial charge in [-0.05, 0) is 30.3 Å². The van der Waals surface area contributed by atoms with Crippen molar-refractivity contribution >= 4 is 15.7 Å². The summed E-state index contributed by atoms with van der Waals surface area (Å²) in [5.74, 6) is 0. The second kappa shape index (κ2) is 6.69. The molecule has 1 aliphatic heterocycles. The predicted molar refractivity (Wildman–Crippen MR) is 88.7 cm³/mol. The first-order valence-corrected chi connectivity index (χ1v) is 9.14. The van der Waals surface area contributed by atoms with E-state index in [9.17, 15) is 8.42 Å². The molecule has 2 N–H and O–H groups in total. The number of anilines is 1. The molecule has 0 atom stereocenters. The lowest BCUT2D eigenvalue weighted by atomic mass is 10.2. The Morgan fingerprint density at radius 2 is 1.74 bits per heavy atom. The minimum absolute atomic E-state index is 0.152. The molecule has 1 saturated heterocycles. The second-order valence-corrected chi connectivity index (χ2v) is 7.20. The van der Waals surface area contributed by atoms with Crippen LogP contribution in [0.25, 0.3) is 0 Å². The maximum Gasteiger partial charge on any atom is 0.238 e. The van der Waals surface area contributed by atoms with Gasteiger partial charge in [0.05, 0.1) is 11.4 Å². The van der Waals surface area contributed by atoms with Gasteiger partial charge in [-0.2, -0.15) is 5.10 Å². The first-order valence-electron chi connectivity index (χ1n) is 7.60. The lowest BCUT2D eigenvalue weighted by Gasteiger charge is -2.36. The summed E-state index contributed by atoms with van der Waals surface area (Å²) < 4.78 is 24.5. The highest BCUT2D eigenvalue weighted by atomic mass is 32.2. The maximum absolute atomic E-state index is 11.3. The molecule has 23 heavy (non-hydrogen) atoms. The third-order valence-corrected chi connectivity index (χ3v) is 5.04. The van der Waals surface area contributed by atoms with Crippen LogP contribution in [0.15, 0.2) is 47.6 Å². The molecule has 0 spiro atoms. The van der Waals surface area contributed by atoms with E-state index >= 15 is 0 Å². The van der Waals surface area contributed by atoms with Crippen LogP contribution in [0.5, 0.6) is 0 Å². The van der Waals surface area contributed by atoms with Crippen LogP contribution >= 0.6 is 0 Å². The minimum atomic E-state index is -3.62. The number of benzene rings is 1. The number of hydrogen-bond donors (Lipinski definition) is 1.